The van der Waals surface area contributed by atoms with Crippen LogP contribution < -0.4 is 15.9 Å². The zero-order valence-corrected chi connectivity index (χ0v) is 15.0. The van der Waals surface area contributed by atoms with Crippen molar-refractivity contribution in [2.45, 2.75) is 0 Å². The standard InChI is InChI=1S/C23H15N3O2/c1-28-23-21-17-11(12-7-4-8-16(24)19(12)25-21)9-10-15-18(17)20(26-23)13-5-2-3-6-14(13)22(15)27/h2-10,25H,24H2,1H3. The number of nitrogens with zero attached hydrogens (tertiary/aromatic N) is 1. The second-order valence-electron chi connectivity index (χ2n) is 7.02. The summed E-state index contributed by atoms with van der Waals surface area (Å²) in [6.07, 6.45) is 0. The lowest BCUT2D eigenvalue weighted by Crippen LogP contribution is -2.06. The van der Waals surface area contributed by atoms with Gasteiger partial charge in [0.1, 0.15) is 5.52 Å². The lowest BCUT2D eigenvalue weighted by atomic mass is 9.93. The Bertz CT molecular complexity index is 1630. The Morgan fingerprint density at radius 3 is 2.39 bits per heavy atom. The maximum atomic E-state index is 13.2. The van der Waals surface area contributed by atoms with Crippen molar-refractivity contribution < 1.29 is 4.74 Å². The minimum absolute atomic E-state index is 0.0194. The first-order chi connectivity index (χ1) is 13.7. The van der Waals surface area contributed by atoms with Crippen LogP contribution in [0.3, 0.4) is 0 Å². The predicted octanol–water partition coefficient (Wildman–Crippen LogP) is 4.56. The number of ether oxygens (including phenoxy) is 1. The Balaban J connectivity index is 2.05. The third-order valence-corrected chi connectivity index (χ3v) is 5.62. The molecule has 0 atom stereocenters. The van der Waals surface area contributed by atoms with E-state index in [0.717, 1.165) is 43.5 Å². The predicted molar refractivity (Wildman–Crippen MR) is 115 cm³/mol. The summed E-state index contributed by atoms with van der Waals surface area (Å²) in [5, 5.41) is 5.99. The molecule has 134 valence electrons. The number of nitrogens with two attached hydrogens (primary N) is 1. The molecule has 0 amide bonds. The number of para-hydroxylation sites is 1. The Labute approximate surface area is 158 Å². The van der Waals surface area contributed by atoms with E-state index in [0.29, 0.717) is 22.3 Å². The quantitative estimate of drug-likeness (QED) is 0.254. The molecule has 5 heteroatoms. The lowest BCUT2D eigenvalue weighted by Gasteiger charge is -2.16. The summed E-state index contributed by atoms with van der Waals surface area (Å²) in [6, 6.07) is 17.3. The van der Waals surface area contributed by atoms with Crippen LogP contribution in [0.2, 0.25) is 0 Å². The summed E-state index contributed by atoms with van der Waals surface area (Å²) in [4.78, 5) is 21.4. The maximum absolute atomic E-state index is 13.2. The lowest BCUT2D eigenvalue weighted by molar-refractivity contribution is 0.404. The zero-order valence-electron chi connectivity index (χ0n) is 15.0. The fourth-order valence-electron chi connectivity index (χ4n) is 4.39. The van der Waals surface area contributed by atoms with Crippen LogP contribution in [0.4, 0.5) is 5.69 Å². The largest absolute Gasteiger partial charge is 0.479 e. The number of hydrogen-bond acceptors (Lipinski definition) is 4. The van der Waals surface area contributed by atoms with Gasteiger partial charge in [-0.25, -0.2) is 4.98 Å². The number of rotatable bonds is 1. The molecule has 6 aromatic rings. The van der Waals surface area contributed by atoms with Crippen molar-refractivity contribution in [3.05, 3.63) is 64.8 Å². The number of H-pyrrole nitrogens is 1. The topological polar surface area (TPSA) is 81.0 Å². The van der Waals surface area contributed by atoms with Crippen molar-refractivity contribution in [3.63, 3.8) is 0 Å². The van der Waals surface area contributed by atoms with Gasteiger partial charge >= 0.3 is 0 Å². The molecular formula is C23H15N3O2. The van der Waals surface area contributed by atoms with Gasteiger partial charge in [-0.05, 0) is 17.5 Å². The van der Waals surface area contributed by atoms with Gasteiger partial charge in [0.2, 0.25) is 5.88 Å². The summed E-state index contributed by atoms with van der Waals surface area (Å²) >= 11 is 0. The van der Waals surface area contributed by atoms with Crippen LogP contribution in [0.1, 0.15) is 0 Å². The number of pyridine rings is 2. The average Bonchev–Trinajstić information content (AvgIpc) is 2.74. The van der Waals surface area contributed by atoms with Gasteiger partial charge in [0, 0.05) is 32.3 Å². The van der Waals surface area contributed by atoms with Gasteiger partial charge in [0.15, 0.2) is 5.43 Å². The molecule has 0 saturated heterocycles. The van der Waals surface area contributed by atoms with E-state index in [4.69, 9.17) is 15.5 Å². The first-order valence-corrected chi connectivity index (χ1v) is 9.03. The second kappa shape index (κ2) is 5.10. The molecule has 0 spiro atoms. The highest BCUT2D eigenvalue weighted by atomic mass is 16.5. The van der Waals surface area contributed by atoms with Crippen LogP contribution in [0, 0.1) is 0 Å². The molecule has 0 radical (unpaired) electrons. The molecule has 3 N–H and O–H groups in total. The maximum Gasteiger partial charge on any atom is 0.238 e. The van der Waals surface area contributed by atoms with Gasteiger partial charge in [-0.1, -0.05) is 42.5 Å². The number of nitrogens with one attached hydrogen (secondary N) is 1. The highest BCUT2D eigenvalue weighted by Gasteiger charge is 2.20. The van der Waals surface area contributed by atoms with Crippen molar-refractivity contribution >= 4 is 59.9 Å². The van der Waals surface area contributed by atoms with Crippen molar-refractivity contribution in [2.24, 2.45) is 0 Å². The van der Waals surface area contributed by atoms with Crippen molar-refractivity contribution in [1.82, 2.24) is 9.97 Å². The molecule has 0 aliphatic carbocycles. The number of aromatic nitrogens is 2. The van der Waals surface area contributed by atoms with Gasteiger partial charge in [-0.3, -0.25) is 4.79 Å². The van der Waals surface area contributed by atoms with E-state index in [1.54, 1.807) is 7.11 Å². The number of methoxy groups -OCH3 is 1. The molecule has 0 aliphatic rings. The van der Waals surface area contributed by atoms with Gasteiger partial charge in [0.25, 0.3) is 0 Å². The van der Waals surface area contributed by atoms with Gasteiger partial charge in [-0.15, -0.1) is 0 Å². The molecule has 4 aromatic carbocycles. The third kappa shape index (κ3) is 1.71. The van der Waals surface area contributed by atoms with Gasteiger partial charge in [0.05, 0.1) is 23.8 Å². The Hall–Kier alpha value is -3.86. The zero-order chi connectivity index (χ0) is 19.0. The molecule has 0 unspecified atom stereocenters. The fourth-order valence-corrected chi connectivity index (χ4v) is 4.39. The number of anilines is 1. The van der Waals surface area contributed by atoms with E-state index >= 15 is 0 Å². The Morgan fingerprint density at radius 1 is 0.821 bits per heavy atom. The van der Waals surface area contributed by atoms with Crippen LogP contribution in [0.5, 0.6) is 5.88 Å². The van der Waals surface area contributed by atoms with Crippen LogP contribution in [-0.2, 0) is 0 Å². The monoisotopic (exact) mass is 365 g/mol. The summed E-state index contributed by atoms with van der Waals surface area (Å²) in [5.41, 5.74) is 9.25. The van der Waals surface area contributed by atoms with Crippen LogP contribution in [-0.4, -0.2) is 17.1 Å². The van der Waals surface area contributed by atoms with E-state index in [2.05, 4.69) is 4.98 Å². The molecule has 2 aromatic heterocycles. The SMILES string of the molecule is COc1nc2c3ccccc3c(=O)c3ccc4c5cccc(N)c5[nH]c1c4c32. The van der Waals surface area contributed by atoms with Gasteiger partial charge in [-0.2, -0.15) is 0 Å². The third-order valence-electron chi connectivity index (χ3n) is 5.62. The number of hydrogen-bond donors (Lipinski definition) is 2. The molecule has 0 bridgehead atoms. The van der Waals surface area contributed by atoms with E-state index in [9.17, 15) is 4.79 Å². The van der Waals surface area contributed by atoms with Crippen molar-refractivity contribution in [1.29, 1.82) is 0 Å². The first kappa shape index (κ1) is 15.2. The summed E-state index contributed by atoms with van der Waals surface area (Å²) in [5.74, 6) is 0.485. The molecule has 2 heterocycles. The highest BCUT2D eigenvalue weighted by Crippen LogP contribution is 2.41. The smallest absolute Gasteiger partial charge is 0.238 e. The number of fused-ring (bicyclic) bond motifs is 4. The van der Waals surface area contributed by atoms with Crippen LogP contribution in [0.25, 0.3) is 54.3 Å². The number of nitrogen functional groups attached to an aromatic ring is 1. The molecule has 28 heavy (non-hydrogen) atoms. The van der Waals surface area contributed by atoms with Crippen molar-refractivity contribution in [3.8, 4) is 5.88 Å². The van der Waals surface area contributed by atoms with Crippen LogP contribution in [0.15, 0.2) is 59.4 Å². The second-order valence-corrected chi connectivity index (χ2v) is 7.02. The summed E-state index contributed by atoms with van der Waals surface area (Å²) < 4.78 is 5.64. The summed E-state index contributed by atoms with van der Waals surface area (Å²) in [6.45, 7) is 0. The highest BCUT2D eigenvalue weighted by molar-refractivity contribution is 6.31. The minimum Gasteiger partial charge on any atom is -0.479 e. The number of benzene rings is 4. The first-order valence-electron chi connectivity index (χ1n) is 9.03. The Kier molecular flexibility index (Phi) is 2.78. The molecule has 0 fully saturated rings. The minimum atomic E-state index is 0.0194. The molecular weight excluding hydrogens is 350 g/mol. The van der Waals surface area contributed by atoms with Gasteiger partial charge < -0.3 is 15.5 Å². The van der Waals surface area contributed by atoms with E-state index in [-0.39, 0.29) is 5.43 Å². The molecule has 5 nitrogen and oxygen atoms in total. The molecule has 0 saturated carbocycles. The van der Waals surface area contributed by atoms with Crippen LogP contribution >= 0.6 is 0 Å². The van der Waals surface area contributed by atoms with Crippen molar-refractivity contribution in [2.75, 3.05) is 12.8 Å². The van der Waals surface area contributed by atoms with E-state index in [1.165, 1.54) is 0 Å². The fraction of sp³-hybridized carbons (Fsp3) is 0.0435. The molecule has 0 aliphatic heterocycles. The molecule has 6 rings (SSSR count). The average molecular weight is 365 g/mol. The van der Waals surface area contributed by atoms with E-state index < -0.39 is 0 Å². The Morgan fingerprint density at radius 2 is 1.57 bits per heavy atom. The normalized spacial score (nSPS) is 12.0. The number of aromatic amines is 1. The van der Waals surface area contributed by atoms with E-state index in [1.807, 2.05) is 54.6 Å². The summed E-state index contributed by atoms with van der Waals surface area (Å²) in [7, 11) is 1.60.